The molecule has 1 aliphatic rings. The predicted octanol–water partition coefficient (Wildman–Crippen LogP) is 4.61. The summed E-state index contributed by atoms with van der Waals surface area (Å²) < 4.78 is 13.3. The van der Waals surface area contributed by atoms with Crippen LogP contribution in [0.25, 0.3) is 0 Å². The highest BCUT2D eigenvalue weighted by Crippen LogP contribution is 2.39. The first-order chi connectivity index (χ1) is 9.15. The van der Waals surface area contributed by atoms with E-state index in [1.165, 1.54) is 37.7 Å². The molecule has 1 aromatic carbocycles. The lowest BCUT2D eigenvalue weighted by atomic mass is 9.74. The SMILES string of the molecule is CCC1CCCC(C(NC)c2ccc(F)cc2C)C1. The number of hydrogen-bond donors (Lipinski definition) is 1. The van der Waals surface area contributed by atoms with Crippen LogP contribution in [0, 0.1) is 24.6 Å². The Morgan fingerprint density at radius 2 is 2.16 bits per heavy atom. The van der Waals surface area contributed by atoms with Crippen LogP contribution in [-0.2, 0) is 0 Å². The van der Waals surface area contributed by atoms with Crippen LogP contribution in [0.2, 0.25) is 0 Å². The first kappa shape index (κ1) is 14.5. The van der Waals surface area contributed by atoms with Crippen LogP contribution in [0.15, 0.2) is 18.2 Å². The monoisotopic (exact) mass is 263 g/mol. The molecule has 106 valence electrons. The number of benzene rings is 1. The second-order valence-electron chi connectivity index (χ2n) is 5.97. The van der Waals surface area contributed by atoms with Crippen molar-refractivity contribution in [2.45, 2.75) is 52.0 Å². The zero-order valence-corrected chi connectivity index (χ0v) is 12.4. The Balaban J connectivity index is 2.19. The summed E-state index contributed by atoms with van der Waals surface area (Å²) in [4.78, 5) is 0. The highest BCUT2D eigenvalue weighted by Gasteiger charge is 2.28. The number of halogens is 1. The van der Waals surface area contributed by atoms with Crippen molar-refractivity contribution in [3.63, 3.8) is 0 Å². The van der Waals surface area contributed by atoms with Gasteiger partial charge in [-0.1, -0.05) is 32.3 Å². The molecule has 3 unspecified atom stereocenters. The first-order valence-electron chi connectivity index (χ1n) is 7.59. The molecular weight excluding hydrogens is 237 g/mol. The summed E-state index contributed by atoms with van der Waals surface area (Å²) in [6.45, 7) is 4.31. The highest BCUT2D eigenvalue weighted by atomic mass is 19.1. The Morgan fingerprint density at radius 1 is 1.37 bits per heavy atom. The molecule has 0 bridgehead atoms. The topological polar surface area (TPSA) is 12.0 Å². The summed E-state index contributed by atoms with van der Waals surface area (Å²) in [5, 5.41) is 3.47. The molecule has 19 heavy (non-hydrogen) atoms. The predicted molar refractivity (Wildman–Crippen MR) is 78.7 cm³/mol. The molecular formula is C17H26FN. The van der Waals surface area contributed by atoms with Crippen molar-refractivity contribution in [2.75, 3.05) is 7.05 Å². The third kappa shape index (κ3) is 3.36. The quantitative estimate of drug-likeness (QED) is 0.836. The van der Waals surface area contributed by atoms with Gasteiger partial charge >= 0.3 is 0 Å². The zero-order chi connectivity index (χ0) is 13.8. The Kier molecular flexibility index (Phi) is 4.98. The molecule has 0 saturated heterocycles. The molecule has 0 radical (unpaired) electrons. The third-order valence-electron chi connectivity index (χ3n) is 4.75. The molecule has 2 rings (SSSR count). The summed E-state index contributed by atoms with van der Waals surface area (Å²) in [5.41, 5.74) is 2.34. The summed E-state index contributed by atoms with van der Waals surface area (Å²) in [6.07, 6.45) is 6.60. The maximum atomic E-state index is 13.3. The molecule has 0 amide bonds. The van der Waals surface area contributed by atoms with Gasteiger partial charge in [0.05, 0.1) is 0 Å². The first-order valence-corrected chi connectivity index (χ1v) is 7.59. The van der Waals surface area contributed by atoms with E-state index in [1.54, 1.807) is 12.1 Å². The second kappa shape index (κ2) is 6.51. The van der Waals surface area contributed by atoms with Crippen LogP contribution in [0.5, 0.6) is 0 Å². The van der Waals surface area contributed by atoms with Crippen molar-refractivity contribution < 1.29 is 4.39 Å². The van der Waals surface area contributed by atoms with Crippen LogP contribution in [-0.4, -0.2) is 7.05 Å². The molecule has 2 heteroatoms. The Bertz CT molecular complexity index is 416. The summed E-state index contributed by atoms with van der Waals surface area (Å²) in [6, 6.07) is 5.57. The van der Waals surface area contributed by atoms with Crippen molar-refractivity contribution in [1.29, 1.82) is 0 Å². The second-order valence-corrected chi connectivity index (χ2v) is 5.97. The van der Waals surface area contributed by atoms with Crippen molar-refractivity contribution in [3.05, 3.63) is 35.1 Å². The van der Waals surface area contributed by atoms with E-state index in [2.05, 4.69) is 12.2 Å². The smallest absolute Gasteiger partial charge is 0.123 e. The van der Waals surface area contributed by atoms with E-state index in [0.717, 1.165) is 11.5 Å². The Labute approximate surface area is 116 Å². The Morgan fingerprint density at radius 3 is 2.79 bits per heavy atom. The van der Waals surface area contributed by atoms with E-state index in [-0.39, 0.29) is 5.82 Å². The van der Waals surface area contributed by atoms with E-state index < -0.39 is 0 Å². The van der Waals surface area contributed by atoms with Gasteiger partial charge in [0.25, 0.3) is 0 Å². The van der Waals surface area contributed by atoms with Gasteiger partial charge in [0.1, 0.15) is 5.82 Å². The van der Waals surface area contributed by atoms with Crippen molar-refractivity contribution in [2.24, 2.45) is 11.8 Å². The Hall–Kier alpha value is -0.890. The fraction of sp³-hybridized carbons (Fsp3) is 0.647. The third-order valence-corrected chi connectivity index (χ3v) is 4.75. The summed E-state index contributed by atoms with van der Waals surface area (Å²) in [7, 11) is 2.03. The molecule has 1 aliphatic carbocycles. The van der Waals surface area contributed by atoms with Gasteiger partial charge in [-0.2, -0.15) is 0 Å². The number of rotatable bonds is 4. The van der Waals surface area contributed by atoms with Crippen molar-refractivity contribution in [3.8, 4) is 0 Å². The van der Waals surface area contributed by atoms with Gasteiger partial charge in [0.15, 0.2) is 0 Å². The summed E-state index contributed by atoms with van der Waals surface area (Å²) >= 11 is 0. The van der Waals surface area contributed by atoms with E-state index >= 15 is 0 Å². The molecule has 1 fully saturated rings. The van der Waals surface area contributed by atoms with Gasteiger partial charge in [0, 0.05) is 6.04 Å². The minimum absolute atomic E-state index is 0.133. The van der Waals surface area contributed by atoms with Crippen LogP contribution < -0.4 is 5.32 Å². The number of aryl methyl sites for hydroxylation is 1. The van der Waals surface area contributed by atoms with Crippen molar-refractivity contribution in [1.82, 2.24) is 5.32 Å². The molecule has 0 heterocycles. The molecule has 0 aliphatic heterocycles. The molecule has 1 saturated carbocycles. The van der Waals surface area contributed by atoms with Crippen LogP contribution in [0.1, 0.15) is 56.2 Å². The van der Waals surface area contributed by atoms with Crippen LogP contribution >= 0.6 is 0 Å². The van der Waals surface area contributed by atoms with E-state index in [4.69, 9.17) is 0 Å². The lowest BCUT2D eigenvalue weighted by Crippen LogP contribution is -2.30. The lowest BCUT2D eigenvalue weighted by molar-refractivity contribution is 0.214. The van der Waals surface area contributed by atoms with Crippen LogP contribution in [0.4, 0.5) is 4.39 Å². The maximum Gasteiger partial charge on any atom is 0.123 e. The van der Waals surface area contributed by atoms with E-state index in [0.29, 0.717) is 12.0 Å². The minimum Gasteiger partial charge on any atom is -0.313 e. The minimum atomic E-state index is -0.133. The van der Waals surface area contributed by atoms with Gasteiger partial charge < -0.3 is 5.32 Å². The highest BCUT2D eigenvalue weighted by molar-refractivity contribution is 5.30. The standard InChI is InChI=1S/C17H26FN/c1-4-13-6-5-7-14(11-13)17(19-3)16-9-8-15(18)10-12(16)2/h8-10,13-14,17,19H,4-7,11H2,1-3H3. The molecule has 0 spiro atoms. The average molecular weight is 263 g/mol. The van der Waals surface area contributed by atoms with E-state index in [1.807, 2.05) is 20.0 Å². The zero-order valence-electron chi connectivity index (χ0n) is 12.4. The number of hydrogen-bond acceptors (Lipinski definition) is 1. The van der Waals surface area contributed by atoms with E-state index in [9.17, 15) is 4.39 Å². The fourth-order valence-electron chi connectivity index (χ4n) is 3.64. The van der Waals surface area contributed by atoms with Gasteiger partial charge in [-0.15, -0.1) is 0 Å². The largest absolute Gasteiger partial charge is 0.313 e. The van der Waals surface area contributed by atoms with Gasteiger partial charge in [-0.05, 0) is 61.9 Å². The maximum absolute atomic E-state index is 13.3. The van der Waals surface area contributed by atoms with Crippen molar-refractivity contribution >= 4 is 0 Å². The molecule has 1 nitrogen and oxygen atoms in total. The molecule has 1 N–H and O–H groups in total. The lowest BCUT2D eigenvalue weighted by Gasteiger charge is -2.35. The average Bonchev–Trinajstić information content (AvgIpc) is 2.42. The summed E-state index contributed by atoms with van der Waals surface area (Å²) in [5.74, 6) is 1.43. The fourth-order valence-corrected chi connectivity index (χ4v) is 3.64. The molecule has 3 atom stereocenters. The normalized spacial score (nSPS) is 25.3. The van der Waals surface area contributed by atoms with Gasteiger partial charge in [-0.3, -0.25) is 0 Å². The van der Waals surface area contributed by atoms with Crippen LogP contribution in [0.3, 0.4) is 0 Å². The molecule has 0 aromatic heterocycles. The molecule has 1 aromatic rings. The van der Waals surface area contributed by atoms with Gasteiger partial charge in [-0.25, -0.2) is 4.39 Å². The van der Waals surface area contributed by atoms with Gasteiger partial charge in [0.2, 0.25) is 0 Å². The number of nitrogens with one attached hydrogen (secondary N) is 1.